The molecule has 2 aromatic rings. The Hall–Kier alpha value is -3.84. The van der Waals surface area contributed by atoms with Gasteiger partial charge in [0, 0.05) is 18.7 Å². The van der Waals surface area contributed by atoms with Crippen LogP contribution in [0.3, 0.4) is 0 Å². The minimum absolute atomic E-state index is 0.0299. The van der Waals surface area contributed by atoms with Crippen LogP contribution >= 0.6 is 0 Å². The first-order valence-electron chi connectivity index (χ1n) is 13.5. The molecule has 41 heavy (non-hydrogen) atoms. The van der Waals surface area contributed by atoms with Gasteiger partial charge in [0.15, 0.2) is 0 Å². The monoisotopic (exact) mass is 583 g/mol. The van der Waals surface area contributed by atoms with Gasteiger partial charge in [0.25, 0.3) is 0 Å². The Balaban J connectivity index is 1.64. The smallest absolute Gasteiger partial charge is 0.434 e. The summed E-state index contributed by atoms with van der Waals surface area (Å²) in [6, 6.07) is 3.63. The molecular weight excluding hydrogens is 547 g/mol. The van der Waals surface area contributed by atoms with Crippen LogP contribution in [0.1, 0.15) is 83.6 Å². The second kappa shape index (κ2) is 13.7. The van der Waals surface area contributed by atoms with Gasteiger partial charge in [0.1, 0.15) is 11.4 Å². The number of rotatable bonds is 10. The number of alkyl carbamates (subject to hydrolysis) is 1. The maximum atomic E-state index is 13.8. The molecule has 0 bridgehead atoms. The fraction of sp³-hybridized carbons (Fsp3) is 0.593. The topological polar surface area (TPSA) is 139 Å². The number of carboxylic acid groups (broad SMARTS) is 1. The van der Waals surface area contributed by atoms with Crippen LogP contribution in [0.5, 0.6) is 5.75 Å². The third-order valence-electron chi connectivity index (χ3n) is 6.08. The van der Waals surface area contributed by atoms with Crippen molar-refractivity contribution in [2.45, 2.75) is 83.9 Å². The van der Waals surface area contributed by atoms with Crippen molar-refractivity contribution in [3.05, 3.63) is 29.7 Å². The van der Waals surface area contributed by atoms with Crippen molar-refractivity contribution in [3.63, 3.8) is 0 Å². The van der Waals surface area contributed by atoms with Crippen LogP contribution in [0.15, 0.2) is 27.7 Å². The van der Waals surface area contributed by atoms with E-state index in [9.17, 15) is 22.8 Å². The van der Waals surface area contributed by atoms with E-state index in [2.05, 4.69) is 27.4 Å². The van der Waals surface area contributed by atoms with Crippen LogP contribution in [-0.2, 0) is 10.9 Å². The molecule has 2 heterocycles. The Morgan fingerprint density at radius 2 is 1.83 bits per heavy atom. The number of alkyl halides is 3. The molecule has 0 atom stereocenters. The Morgan fingerprint density at radius 3 is 2.46 bits per heavy atom. The van der Waals surface area contributed by atoms with Crippen LogP contribution in [0.2, 0.25) is 0 Å². The number of amides is 2. The lowest BCUT2D eigenvalue weighted by Gasteiger charge is -2.38. The number of hydrogen-bond donors (Lipinski definition) is 2. The molecular formula is C27H36F3N5O6. The van der Waals surface area contributed by atoms with E-state index >= 15 is 0 Å². The molecule has 0 spiro atoms. The average molecular weight is 584 g/mol. The van der Waals surface area contributed by atoms with E-state index in [-0.39, 0.29) is 54.6 Å². The molecule has 14 heteroatoms. The summed E-state index contributed by atoms with van der Waals surface area (Å²) in [5, 5.41) is 15.2. The minimum Gasteiger partial charge on any atom is -0.493 e. The molecule has 2 N–H and O–H groups in total. The molecule has 0 saturated carbocycles. The number of carbonyl (C=O) groups excluding carboxylic acids is 1. The molecule has 0 aliphatic carbocycles. The van der Waals surface area contributed by atoms with Gasteiger partial charge in [0.2, 0.25) is 17.7 Å². The van der Waals surface area contributed by atoms with Gasteiger partial charge in [-0.25, -0.2) is 9.59 Å². The highest BCUT2D eigenvalue weighted by Gasteiger charge is 2.37. The van der Waals surface area contributed by atoms with Crippen molar-refractivity contribution >= 4 is 18.1 Å². The van der Waals surface area contributed by atoms with E-state index in [4.69, 9.17) is 19.1 Å². The van der Waals surface area contributed by atoms with Gasteiger partial charge >= 0.3 is 18.4 Å². The molecule has 3 rings (SSSR count). The molecule has 1 saturated heterocycles. The highest BCUT2D eigenvalue weighted by atomic mass is 19.4. The van der Waals surface area contributed by atoms with Crippen molar-refractivity contribution in [3.8, 4) is 17.1 Å². The van der Waals surface area contributed by atoms with Crippen molar-refractivity contribution in [1.82, 2.24) is 20.4 Å². The first kappa shape index (κ1) is 31.7. The summed E-state index contributed by atoms with van der Waals surface area (Å²) >= 11 is 0. The Labute approximate surface area is 236 Å². The summed E-state index contributed by atoms with van der Waals surface area (Å²) in [5.74, 6) is -0.722. The quantitative estimate of drug-likeness (QED) is 0.183. The second-order valence-electron chi connectivity index (χ2n) is 10.7. The number of nitrogens with zero attached hydrogens (tertiary/aromatic N) is 4. The van der Waals surface area contributed by atoms with E-state index < -0.39 is 29.5 Å². The second-order valence-corrected chi connectivity index (χ2v) is 10.7. The fourth-order valence-corrected chi connectivity index (χ4v) is 4.07. The highest BCUT2D eigenvalue weighted by Crippen LogP contribution is 2.39. The van der Waals surface area contributed by atoms with Crippen LogP contribution in [-0.4, -0.2) is 63.6 Å². The molecule has 0 unspecified atom stereocenters. The SMILES string of the molecule is CCCCCCCCOc1ccc(-c2noc(C3CN(/C(=N/C(=O)O)NC(=O)OC(C)(C)C)C3)n2)cc1C(F)(F)F. The molecule has 1 aliphatic rings. The lowest BCUT2D eigenvalue weighted by atomic mass is 10.0. The van der Waals surface area contributed by atoms with E-state index in [1.165, 1.54) is 17.0 Å². The summed E-state index contributed by atoms with van der Waals surface area (Å²) in [6.07, 6.45) is -1.09. The lowest BCUT2D eigenvalue weighted by molar-refractivity contribution is -0.138. The standard InChI is InChI=1S/C27H36F3N5O6/c1-5-6-7-8-9-10-13-39-20-12-11-17(14-19(20)27(28,29)30)21-31-22(41-34-21)18-15-35(16-18)23(32-24(36)37)33-25(38)40-26(2,3)4/h11-12,14,18H,5-10,13,15-16H2,1-4H3,(H,36,37)(H,32,33,38). The first-order valence-corrected chi connectivity index (χ1v) is 13.5. The summed E-state index contributed by atoms with van der Waals surface area (Å²) < 4.78 is 57.3. The largest absolute Gasteiger partial charge is 0.493 e. The van der Waals surface area contributed by atoms with Gasteiger partial charge in [-0.3, -0.25) is 5.32 Å². The van der Waals surface area contributed by atoms with Gasteiger partial charge in [0.05, 0.1) is 18.1 Å². The third-order valence-corrected chi connectivity index (χ3v) is 6.08. The maximum absolute atomic E-state index is 13.8. The van der Waals surface area contributed by atoms with Crippen LogP contribution in [0.25, 0.3) is 11.4 Å². The maximum Gasteiger partial charge on any atom is 0.434 e. The number of unbranched alkanes of at least 4 members (excludes halogenated alkanes) is 5. The molecule has 226 valence electrons. The zero-order chi connectivity index (χ0) is 30.2. The summed E-state index contributed by atoms with van der Waals surface area (Å²) in [5.41, 5.74) is -1.62. The summed E-state index contributed by atoms with van der Waals surface area (Å²) in [4.78, 5) is 32.3. The Kier molecular flexibility index (Phi) is 10.6. The van der Waals surface area contributed by atoms with Crippen molar-refractivity contribution < 1.29 is 41.9 Å². The minimum atomic E-state index is -4.64. The number of halogens is 3. The first-order chi connectivity index (χ1) is 19.3. The lowest BCUT2D eigenvalue weighted by Crippen LogP contribution is -2.55. The number of aromatic nitrogens is 2. The Bertz CT molecular complexity index is 1220. The molecule has 1 aromatic heterocycles. The van der Waals surface area contributed by atoms with Gasteiger partial charge in [-0.05, 0) is 45.4 Å². The molecule has 1 aromatic carbocycles. The van der Waals surface area contributed by atoms with E-state index in [0.29, 0.717) is 6.42 Å². The highest BCUT2D eigenvalue weighted by molar-refractivity contribution is 5.99. The van der Waals surface area contributed by atoms with Crippen molar-refractivity contribution in [2.75, 3.05) is 19.7 Å². The number of hydrogen-bond acceptors (Lipinski definition) is 7. The number of carbonyl (C=O) groups is 2. The van der Waals surface area contributed by atoms with E-state index in [0.717, 1.165) is 38.2 Å². The molecule has 1 fully saturated rings. The number of aliphatic imine (C=N–C) groups is 1. The van der Waals surface area contributed by atoms with Gasteiger partial charge in [-0.15, -0.1) is 4.99 Å². The number of ether oxygens (including phenoxy) is 2. The Morgan fingerprint density at radius 1 is 1.15 bits per heavy atom. The predicted molar refractivity (Wildman–Crippen MR) is 143 cm³/mol. The fourth-order valence-electron chi connectivity index (χ4n) is 4.07. The third kappa shape index (κ3) is 9.64. The van der Waals surface area contributed by atoms with Crippen molar-refractivity contribution in [1.29, 1.82) is 0 Å². The van der Waals surface area contributed by atoms with Crippen LogP contribution < -0.4 is 10.1 Å². The summed E-state index contributed by atoms with van der Waals surface area (Å²) in [7, 11) is 0. The number of likely N-dealkylation sites (tertiary alicyclic amines) is 1. The van der Waals surface area contributed by atoms with Gasteiger partial charge in [-0.2, -0.15) is 18.2 Å². The molecule has 1 aliphatic heterocycles. The van der Waals surface area contributed by atoms with E-state index in [1.807, 2.05) is 0 Å². The zero-order valence-electron chi connectivity index (χ0n) is 23.6. The van der Waals surface area contributed by atoms with Gasteiger partial charge < -0.3 is 24.0 Å². The van der Waals surface area contributed by atoms with Crippen LogP contribution in [0, 0.1) is 0 Å². The molecule has 2 amide bonds. The predicted octanol–water partition coefficient (Wildman–Crippen LogP) is 6.45. The zero-order valence-corrected chi connectivity index (χ0v) is 23.6. The average Bonchev–Trinajstić information content (AvgIpc) is 3.30. The number of guanidine groups is 1. The summed E-state index contributed by atoms with van der Waals surface area (Å²) in [6.45, 7) is 7.61. The van der Waals surface area contributed by atoms with Crippen molar-refractivity contribution in [2.24, 2.45) is 4.99 Å². The number of nitrogens with one attached hydrogen (secondary N) is 1. The van der Waals surface area contributed by atoms with Gasteiger partial charge in [-0.1, -0.05) is 44.2 Å². The van der Waals surface area contributed by atoms with E-state index in [1.54, 1.807) is 20.8 Å². The molecule has 0 radical (unpaired) electrons. The normalized spacial score (nSPS) is 14.5. The molecule has 11 nitrogen and oxygen atoms in total. The number of benzene rings is 1. The van der Waals surface area contributed by atoms with Crippen LogP contribution in [0.4, 0.5) is 22.8 Å².